The molecule has 19 heavy (non-hydrogen) atoms. The summed E-state index contributed by atoms with van der Waals surface area (Å²) in [5.41, 5.74) is 5.59. The Kier molecular flexibility index (Phi) is 5.07. The third-order valence-electron chi connectivity index (χ3n) is 2.10. The maximum absolute atomic E-state index is 12.0. The van der Waals surface area contributed by atoms with Crippen LogP contribution in [0.1, 0.15) is 12.0 Å². The molecule has 106 valence electrons. The van der Waals surface area contributed by atoms with Crippen LogP contribution in [0.3, 0.4) is 0 Å². The molecule has 1 aromatic heterocycles. The molecule has 0 fully saturated rings. The average Bonchev–Trinajstić information content (AvgIpc) is 2.58. The number of thiophene rings is 1. The molecule has 7 nitrogen and oxygen atoms in total. The molecule has 0 bridgehead atoms. The molecular weight excluding hydrogens is 360 g/mol. The molecule has 1 amide bonds. The molecule has 10 heteroatoms. The molecule has 0 saturated heterocycles. The van der Waals surface area contributed by atoms with Crippen LogP contribution in [0.2, 0.25) is 0 Å². The van der Waals surface area contributed by atoms with Gasteiger partial charge in [-0.25, -0.2) is 8.42 Å². The van der Waals surface area contributed by atoms with Gasteiger partial charge >= 0.3 is 5.97 Å². The summed E-state index contributed by atoms with van der Waals surface area (Å²) in [4.78, 5) is 21.6. The molecule has 1 aromatic rings. The van der Waals surface area contributed by atoms with Gasteiger partial charge in [-0.05, 0) is 34.5 Å². The fraction of sp³-hybridized carbons (Fsp3) is 0.333. The Morgan fingerprint density at radius 3 is 2.53 bits per heavy atom. The van der Waals surface area contributed by atoms with Crippen LogP contribution in [0.15, 0.2) is 14.1 Å². The Bertz CT molecular complexity index is 591. The fourth-order valence-electron chi connectivity index (χ4n) is 1.19. The number of carbonyl (C=O) groups is 2. The lowest BCUT2D eigenvalue weighted by molar-refractivity contribution is -0.140. The highest BCUT2D eigenvalue weighted by Crippen LogP contribution is 2.30. The summed E-state index contributed by atoms with van der Waals surface area (Å²) in [6.07, 6.45) is -0.611. The van der Waals surface area contributed by atoms with Gasteiger partial charge in [0.25, 0.3) is 10.0 Å². The van der Waals surface area contributed by atoms with Crippen molar-refractivity contribution in [2.45, 2.75) is 23.6 Å². The third kappa shape index (κ3) is 4.27. The lowest BCUT2D eigenvalue weighted by Gasteiger charge is -2.11. The number of nitrogens with one attached hydrogen (secondary N) is 1. The van der Waals surface area contributed by atoms with Gasteiger partial charge in [0, 0.05) is 0 Å². The monoisotopic (exact) mass is 370 g/mol. The first-order valence-electron chi connectivity index (χ1n) is 4.93. The van der Waals surface area contributed by atoms with E-state index >= 15 is 0 Å². The van der Waals surface area contributed by atoms with Gasteiger partial charge in [0.05, 0.1) is 10.2 Å². The summed E-state index contributed by atoms with van der Waals surface area (Å²) < 4.78 is 26.5. The molecular formula is C9H11BrN2O5S2. The van der Waals surface area contributed by atoms with Crippen molar-refractivity contribution < 1.29 is 23.1 Å². The number of aliphatic carboxylic acids is 1. The highest BCUT2D eigenvalue weighted by atomic mass is 79.9. The Morgan fingerprint density at radius 1 is 1.58 bits per heavy atom. The Labute approximate surface area is 122 Å². The van der Waals surface area contributed by atoms with E-state index in [9.17, 15) is 18.0 Å². The Balaban J connectivity index is 3.00. The Hall–Kier alpha value is -0.970. The third-order valence-corrected chi connectivity index (χ3v) is 6.18. The number of sulfonamides is 1. The van der Waals surface area contributed by atoms with E-state index in [0.29, 0.717) is 9.35 Å². The van der Waals surface area contributed by atoms with Crippen LogP contribution in [0.5, 0.6) is 0 Å². The van der Waals surface area contributed by atoms with Crippen molar-refractivity contribution in [2.24, 2.45) is 5.73 Å². The van der Waals surface area contributed by atoms with Crippen molar-refractivity contribution in [3.05, 3.63) is 15.4 Å². The molecule has 0 radical (unpaired) electrons. The summed E-state index contributed by atoms with van der Waals surface area (Å²) in [5, 5.41) is 8.85. The number of primary amides is 1. The molecule has 0 unspecified atom stereocenters. The molecule has 4 N–H and O–H groups in total. The number of hydrogen-bond acceptors (Lipinski definition) is 5. The van der Waals surface area contributed by atoms with Crippen LogP contribution >= 0.6 is 27.3 Å². The van der Waals surface area contributed by atoms with Crippen molar-refractivity contribution in [1.29, 1.82) is 0 Å². The van der Waals surface area contributed by atoms with Crippen LogP contribution < -0.4 is 10.5 Å². The number of carboxylic acids is 1. The molecule has 0 aromatic carbocycles. The van der Waals surface area contributed by atoms with Gasteiger partial charge < -0.3 is 10.8 Å². The minimum absolute atomic E-state index is 0.0346. The molecule has 0 aliphatic heterocycles. The van der Waals surface area contributed by atoms with Crippen molar-refractivity contribution in [3.63, 3.8) is 0 Å². The molecule has 0 saturated carbocycles. The van der Waals surface area contributed by atoms with Gasteiger partial charge in [-0.1, -0.05) is 0 Å². The minimum atomic E-state index is -4.00. The largest absolute Gasteiger partial charge is 0.480 e. The summed E-state index contributed by atoms with van der Waals surface area (Å²) in [5.74, 6) is -2.37. The predicted molar refractivity (Wildman–Crippen MR) is 72.3 cm³/mol. The summed E-state index contributed by atoms with van der Waals surface area (Å²) in [7, 11) is -4.00. The van der Waals surface area contributed by atoms with E-state index in [1.54, 1.807) is 6.92 Å². The van der Waals surface area contributed by atoms with Crippen molar-refractivity contribution in [1.82, 2.24) is 4.72 Å². The lowest BCUT2D eigenvalue weighted by atomic mass is 10.2. The summed E-state index contributed by atoms with van der Waals surface area (Å²) in [6.45, 7) is 1.71. The maximum Gasteiger partial charge on any atom is 0.322 e. The highest BCUT2D eigenvalue weighted by molar-refractivity contribution is 9.11. The van der Waals surface area contributed by atoms with Gasteiger partial charge in [0.2, 0.25) is 5.91 Å². The van der Waals surface area contributed by atoms with Gasteiger partial charge in [-0.2, -0.15) is 4.72 Å². The van der Waals surface area contributed by atoms with Crippen molar-refractivity contribution in [3.8, 4) is 0 Å². The van der Waals surface area contributed by atoms with E-state index in [1.807, 2.05) is 4.72 Å². The molecule has 0 aliphatic carbocycles. The number of carboxylic acid groups (broad SMARTS) is 1. The number of nitrogens with two attached hydrogens (primary N) is 1. The average molecular weight is 371 g/mol. The first-order valence-corrected chi connectivity index (χ1v) is 8.02. The number of aryl methyl sites for hydroxylation is 1. The van der Waals surface area contributed by atoms with Crippen molar-refractivity contribution >= 4 is 49.2 Å². The van der Waals surface area contributed by atoms with Crippen LogP contribution in [0.4, 0.5) is 0 Å². The second-order valence-electron chi connectivity index (χ2n) is 3.70. The molecule has 1 rings (SSSR count). The van der Waals surface area contributed by atoms with Gasteiger partial charge in [0.1, 0.15) is 10.3 Å². The quantitative estimate of drug-likeness (QED) is 0.668. The topological polar surface area (TPSA) is 127 Å². The van der Waals surface area contributed by atoms with Gasteiger partial charge in [0.15, 0.2) is 0 Å². The molecule has 0 aliphatic rings. The summed E-state index contributed by atoms with van der Waals surface area (Å²) >= 11 is 4.13. The van der Waals surface area contributed by atoms with Crippen LogP contribution in [0, 0.1) is 6.92 Å². The molecule has 1 atom stereocenters. The second kappa shape index (κ2) is 5.99. The first kappa shape index (κ1) is 16.1. The smallest absolute Gasteiger partial charge is 0.322 e. The Morgan fingerprint density at radius 2 is 2.16 bits per heavy atom. The normalized spacial score (nSPS) is 13.2. The summed E-state index contributed by atoms with van der Waals surface area (Å²) in [6, 6.07) is -0.177. The van der Waals surface area contributed by atoms with E-state index in [2.05, 4.69) is 15.9 Å². The second-order valence-corrected chi connectivity index (χ2v) is 8.02. The van der Waals surface area contributed by atoms with E-state index in [-0.39, 0.29) is 4.21 Å². The number of hydrogen-bond donors (Lipinski definition) is 3. The molecule has 1 heterocycles. The van der Waals surface area contributed by atoms with Crippen LogP contribution in [0.25, 0.3) is 0 Å². The zero-order chi connectivity index (χ0) is 14.8. The highest BCUT2D eigenvalue weighted by Gasteiger charge is 2.28. The predicted octanol–water partition coefficient (Wildman–Crippen LogP) is 0.426. The van der Waals surface area contributed by atoms with E-state index < -0.39 is 34.4 Å². The number of amides is 1. The standard InChI is InChI=1S/C9H11BrN2O5S2/c1-4-2-7(18-8(4)10)19(16,17)12-5(9(14)15)3-6(11)13/h2,5,12H,3H2,1H3,(H2,11,13)(H,14,15)/t5-/m1/s1. The SMILES string of the molecule is Cc1cc(S(=O)(=O)N[C@H](CC(N)=O)C(=O)O)sc1Br. The fourth-order valence-corrected chi connectivity index (χ4v) is 4.62. The first-order chi connectivity index (χ1) is 8.63. The zero-order valence-electron chi connectivity index (χ0n) is 9.71. The zero-order valence-corrected chi connectivity index (χ0v) is 12.9. The van der Waals surface area contributed by atoms with Crippen LogP contribution in [-0.2, 0) is 19.6 Å². The number of carbonyl (C=O) groups excluding carboxylic acids is 1. The maximum atomic E-state index is 12.0. The van der Waals surface area contributed by atoms with Gasteiger partial charge in [-0.3, -0.25) is 9.59 Å². The number of halogens is 1. The number of rotatable bonds is 6. The molecule has 0 spiro atoms. The van der Waals surface area contributed by atoms with Gasteiger partial charge in [-0.15, -0.1) is 11.3 Å². The lowest BCUT2D eigenvalue weighted by Crippen LogP contribution is -2.43. The van der Waals surface area contributed by atoms with Crippen LogP contribution in [-0.4, -0.2) is 31.4 Å². The minimum Gasteiger partial charge on any atom is -0.480 e. The van der Waals surface area contributed by atoms with E-state index in [1.165, 1.54) is 6.07 Å². The van der Waals surface area contributed by atoms with E-state index in [0.717, 1.165) is 11.3 Å². The van der Waals surface area contributed by atoms with Crippen molar-refractivity contribution in [2.75, 3.05) is 0 Å². The van der Waals surface area contributed by atoms with E-state index in [4.69, 9.17) is 10.8 Å².